The molecular formula is C18H29IN4O. The van der Waals surface area contributed by atoms with Gasteiger partial charge in [-0.05, 0) is 36.8 Å². The molecule has 5 nitrogen and oxygen atoms in total. The molecule has 1 aliphatic rings. The van der Waals surface area contributed by atoms with Crippen molar-refractivity contribution in [1.82, 2.24) is 10.6 Å². The molecule has 134 valence electrons. The van der Waals surface area contributed by atoms with Crippen LogP contribution in [0.3, 0.4) is 0 Å². The van der Waals surface area contributed by atoms with Crippen molar-refractivity contribution >= 4 is 41.5 Å². The van der Waals surface area contributed by atoms with Crippen molar-refractivity contribution in [1.29, 1.82) is 0 Å². The summed E-state index contributed by atoms with van der Waals surface area (Å²) >= 11 is 0. The lowest BCUT2D eigenvalue weighted by atomic mass is 10.1. The molecule has 1 amide bonds. The molecule has 2 rings (SSSR count). The zero-order valence-electron chi connectivity index (χ0n) is 14.8. The average molecular weight is 444 g/mol. The van der Waals surface area contributed by atoms with Crippen LogP contribution in [0.15, 0.2) is 29.3 Å². The molecule has 0 atom stereocenters. The second-order valence-electron chi connectivity index (χ2n) is 6.31. The molecule has 0 saturated carbocycles. The molecule has 2 N–H and O–H groups in total. The fraction of sp³-hybridized carbons (Fsp3) is 0.556. The third kappa shape index (κ3) is 5.96. The van der Waals surface area contributed by atoms with E-state index in [1.807, 2.05) is 23.1 Å². The van der Waals surface area contributed by atoms with Gasteiger partial charge in [-0.3, -0.25) is 9.79 Å². The van der Waals surface area contributed by atoms with Crippen LogP contribution in [0, 0.1) is 5.92 Å². The standard InChI is InChI=1S/C18H28N4O.HI/c1-14(2)7-6-11-20-18(19-3)21-13-17(23)22-12-10-15-8-4-5-9-16(15)22;/h4-5,8-9,14H,6-7,10-13H2,1-3H3,(H2,19,20,21);1H. The van der Waals surface area contributed by atoms with Crippen molar-refractivity contribution < 1.29 is 4.79 Å². The Balaban J connectivity index is 0.00000288. The van der Waals surface area contributed by atoms with E-state index >= 15 is 0 Å². The SMILES string of the molecule is CN=C(NCCCC(C)C)NCC(=O)N1CCc2ccccc21.I. The number of carbonyl (C=O) groups excluding carboxylic acids is 1. The first kappa shape index (κ1) is 20.7. The molecule has 0 aromatic heterocycles. The molecule has 0 fully saturated rings. The highest BCUT2D eigenvalue weighted by Crippen LogP contribution is 2.27. The van der Waals surface area contributed by atoms with Crippen molar-refractivity contribution in [3.63, 3.8) is 0 Å². The Morgan fingerprint density at radius 1 is 1.29 bits per heavy atom. The minimum atomic E-state index is 0. The van der Waals surface area contributed by atoms with Gasteiger partial charge in [0, 0.05) is 25.8 Å². The van der Waals surface area contributed by atoms with Gasteiger partial charge < -0.3 is 15.5 Å². The van der Waals surface area contributed by atoms with E-state index in [-0.39, 0.29) is 36.4 Å². The first-order valence-electron chi connectivity index (χ1n) is 8.44. The highest BCUT2D eigenvalue weighted by Gasteiger charge is 2.23. The Kier molecular flexibility index (Phi) is 9.10. The molecule has 1 aromatic rings. The number of hydrogen-bond donors (Lipinski definition) is 2. The lowest BCUT2D eigenvalue weighted by Crippen LogP contribution is -2.44. The van der Waals surface area contributed by atoms with Crippen LogP contribution in [0.25, 0.3) is 0 Å². The van der Waals surface area contributed by atoms with E-state index in [0.29, 0.717) is 11.9 Å². The smallest absolute Gasteiger partial charge is 0.246 e. The monoisotopic (exact) mass is 444 g/mol. The molecule has 0 unspecified atom stereocenters. The van der Waals surface area contributed by atoms with Crippen molar-refractivity contribution in [3.8, 4) is 0 Å². The summed E-state index contributed by atoms with van der Waals surface area (Å²) in [6, 6.07) is 8.10. The first-order valence-corrected chi connectivity index (χ1v) is 8.44. The Morgan fingerprint density at radius 3 is 2.75 bits per heavy atom. The Morgan fingerprint density at radius 2 is 2.04 bits per heavy atom. The lowest BCUT2D eigenvalue weighted by Gasteiger charge is -2.19. The summed E-state index contributed by atoms with van der Waals surface area (Å²) in [7, 11) is 1.73. The predicted octanol–water partition coefficient (Wildman–Crippen LogP) is 2.79. The molecule has 0 spiro atoms. The summed E-state index contributed by atoms with van der Waals surface area (Å²) in [6.07, 6.45) is 3.23. The lowest BCUT2D eigenvalue weighted by molar-refractivity contribution is -0.117. The van der Waals surface area contributed by atoms with Gasteiger partial charge in [-0.15, -0.1) is 24.0 Å². The fourth-order valence-electron chi connectivity index (χ4n) is 2.79. The number of amides is 1. The van der Waals surface area contributed by atoms with E-state index in [4.69, 9.17) is 0 Å². The van der Waals surface area contributed by atoms with Crippen LogP contribution in [-0.2, 0) is 11.2 Å². The fourth-order valence-corrected chi connectivity index (χ4v) is 2.79. The van der Waals surface area contributed by atoms with Gasteiger partial charge in [-0.25, -0.2) is 0 Å². The Hall–Kier alpha value is -1.31. The maximum atomic E-state index is 12.4. The van der Waals surface area contributed by atoms with Gasteiger partial charge in [-0.1, -0.05) is 32.0 Å². The normalized spacial score (nSPS) is 13.5. The van der Waals surface area contributed by atoms with Crippen molar-refractivity contribution in [3.05, 3.63) is 29.8 Å². The molecule has 1 heterocycles. The van der Waals surface area contributed by atoms with E-state index < -0.39 is 0 Å². The molecule has 24 heavy (non-hydrogen) atoms. The predicted molar refractivity (Wildman–Crippen MR) is 111 cm³/mol. The molecule has 6 heteroatoms. The van der Waals surface area contributed by atoms with Crippen LogP contribution in [0.4, 0.5) is 5.69 Å². The third-order valence-corrected chi connectivity index (χ3v) is 4.07. The van der Waals surface area contributed by atoms with E-state index in [1.165, 1.54) is 12.0 Å². The van der Waals surface area contributed by atoms with Crippen LogP contribution in [0.5, 0.6) is 0 Å². The second-order valence-corrected chi connectivity index (χ2v) is 6.31. The van der Waals surface area contributed by atoms with Crippen LogP contribution >= 0.6 is 24.0 Å². The maximum Gasteiger partial charge on any atom is 0.246 e. The highest BCUT2D eigenvalue weighted by molar-refractivity contribution is 14.0. The summed E-state index contributed by atoms with van der Waals surface area (Å²) in [6.45, 7) is 6.34. The minimum Gasteiger partial charge on any atom is -0.356 e. The second kappa shape index (κ2) is 10.5. The highest BCUT2D eigenvalue weighted by atomic mass is 127. The quantitative estimate of drug-likeness (QED) is 0.307. The van der Waals surface area contributed by atoms with Crippen molar-refractivity contribution in [2.45, 2.75) is 33.1 Å². The average Bonchev–Trinajstić information content (AvgIpc) is 2.97. The molecule has 1 aliphatic heterocycles. The first-order chi connectivity index (χ1) is 11.1. The molecule has 0 radical (unpaired) electrons. The van der Waals surface area contributed by atoms with Gasteiger partial charge in [0.15, 0.2) is 5.96 Å². The number of nitrogens with one attached hydrogen (secondary N) is 2. The van der Waals surface area contributed by atoms with Crippen LogP contribution < -0.4 is 15.5 Å². The summed E-state index contributed by atoms with van der Waals surface area (Å²) in [5, 5.41) is 6.37. The van der Waals surface area contributed by atoms with Gasteiger partial charge >= 0.3 is 0 Å². The summed E-state index contributed by atoms with van der Waals surface area (Å²) in [4.78, 5) is 18.5. The molecule has 0 bridgehead atoms. The summed E-state index contributed by atoms with van der Waals surface area (Å²) in [5.74, 6) is 1.48. The number of anilines is 1. The van der Waals surface area contributed by atoms with E-state index in [9.17, 15) is 4.79 Å². The van der Waals surface area contributed by atoms with Gasteiger partial charge in [0.1, 0.15) is 0 Å². The molecule has 0 aliphatic carbocycles. The Labute approximate surface area is 162 Å². The number of benzene rings is 1. The number of fused-ring (bicyclic) bond motifs is 1. The number of hydrogen-bond acceptors (Lipinski definition) is 2. The van der Waals surface area contributed by atoms with Crippen molar-refractivity contribution in [2.24, 2.45) is 10.9 Å². The van der Waals surface area contributed by atoms with E-state index in [1.54, 1.807) is 7.05 Å². The minimum absolute atomic E-state index is 0. The topological polar surface area (TPSA) is 56.7 Å². The number of para-hydroxylation sites is 1. The Bertz CT molecular complexity index is 560. The number of nitrogens with zero attached hydrogens (tertiary/aromatic N) is 2. The number of aliphatic imine (C=N–C) groups is 1. The third-order valence-electron chi connectivity index (χ3n) is 4.07. The van der Waals surface area contributed by atoms with Crippen LogP contribution in [0.2, 0.25) is 0 Å². The summed E-state index contributed by atoms with van der Waals surface area (Å²) < 4.78 is 0. The van der Waals surface area contributed by atoms with Gasteiger partial charge in [0.2, 0.25) is 5.91 Å². The zero-order valence-corrected chi connectivity index (χ0v) is 17.2. The molecule has 0 saturated heterocycles. The molecule has 1 aromatic carbocycles. The number of carbonyl (C=O) groups is 1. The summed E-state index contributed by atoms with van der Waals surface area (Å²) in [5.41, 5.74) is 2.29. The molecular weight excluding hydrogens is 415 g/mol. The van der Waals surface area contributed by atoms with Gasteiger partial charge in [-0.2, -0.15) is 0 Å². The van der Waals surface area contributed by atoms with Gasteiger partial charge in [0.25, 0.3) is 0 Å². The van der Waals surface area contributed by atoms with Crippen molar-refractivity contribution in [2.75, 3.05) is 31.6 Å². The zero-order chi connectivity index (χ0) is 16.7. The van der Waals surface area contributed by atoms with Crippen LogP contribution in [0.1, 0.15) is 32.3 Å². The van der Waals surface area contributed by atoms with E-state index in [2.05, 4.69) is 35.5 Å². The number of guanidine groups is 1. The maximum absolute atomic E-state index is 12.4. The number of rotatable bonds is 6. The van der Waals surface area contributed by atoms with Gasteiger partial charge in [0.05, 0.1) is 6.54 Å². The van der Waals surface area contributed by atoms with E-state index in [0.717, 1.165) is 31.6 Å². The van der Waals surface area contributed by atoms with Crippen LogP contribution in [-0.4, -0.2) is 38.5 Å². The largest absolute Gasteiger partial charge is 0.356 e. The number of halogens is 1.